The van der Waals surface area contributed by atoms with Gasteiger partial charge in [-0.1, -0.05) is 23.7 Å². The van der Waals surface area contributed by atoms with E-state index in [4.69, 9.17) is 16.3 Å². The van der Waals surface area contributed by atoms with Crippen LogP contribution in [0.15, 0.2) is 30.5 Å². The van der Waals surface area contributed by atoms with E-state index in [1.54, 1.807) is 31.1 Å². The SMILES string of the molecule is CO[C@H](CNC(=O)c1cnn(C)c1C)c1cccc(Cl)c1. The molecule has 2 aromatic rings. The summed E-state index contributed by atoms with van der Waals surface area (Å²) in [5, 5.41) is 7.57. The first-order valence-electron chi connectivity index (χ1n) is 6.58. The van der Waals surface area contributed by atoms with E-state index in [0.717, 1.165) is 11.3 Å². The fourth-order valence-electron chi connectivity index (χ4n) is 2.05. The molecular weight excluding hydrogens is 290 g/mol. The van der Waals surface area contributed by atoms with Gasteiger partial charge in [0.1, 0.15) is 0 Å². The molecule has 1 heterocycles. The number of ether oxygens (including phenoxy) is 1. The first kappa shape index (κ1) is 15.5. The molecule has 0 aliphatic heterocycles. The minimum absolute atomic E-state index is 0.162. The molecule has 0 aliphatic rings. The number of rotatable bonds is 5. The van der Waals surface area contributed by atoms with Gasteiger partial charge in [0.15, 0.2) is 0 Å². The summed E-state index contributed by atoms with van der Waals surface area (Å²) in [6.07, 6.45) is 1.32. The van der Waals surface area contributed by atoms with E-state index in [1.807, 2.05) is 25.1 Å². The summed E-state index contributed by atoms with van der Waals surface area (Å²) in [6.45, 7) is 2.22. The summed E-state index contributed by atoms with van der Waals surface area (Å²) in [5.41, 5.74) is 2.32. The number of amides is 1. The fourth-order valence-corrected chi connectivity index (χ4v) is 2.25. The number of aromatic nitrogens is 2. The van der Waals surface area contributed by atoms with E-state index >= 15 is 0 Å². The summed E-state index contributed by atoms with van der Waals surface area (Å²) in [4.78, 5) is 12.2. The average molecular weight is 308 g/mol. The lowest BCUT2D eigenvalue weighted by atomic mass is 10.1. The van der Waals surface area contributed by atoms with Crippen molar-refractivity contribution in [2.45, 2.75) is 13.0 Å². The van der Waals surface area contributed by atoms with Crippen LogP contribution in [-0.4, -0.2) is 29.3 Å². The predicted molar refractivity (Wildman–Crippen MR) is 81.5 cm³/mol. The van der Waals surface area contributed by atoms with Crippen LogP contribution in [0, 0.1) is 6.92 Å². The smallest absolute Gasteiger partial charge is 0.254 e. The van der Waals surface area contributed by atoms with Gasteiger partial charge in [0, 0.05) is 31.4 Å². The normalized spacial score (nSPS) is 12.2. The summed E-state index contributed by atoms with van der Waals surface area (Å²) in [7, 11) is 3.41. The Morgan fingerprint density at radius 2 is 2.29 bits per heavy atom. The van der Waals surface area contributed by atoms with E-state index in [0.29, 0.717) is 17.1 Å². The molecule has 1 atom stereocenters. The summed E-state index contributed by atoms with van der Waals surface area (Å²) >= 11 is 5.97. The largest absolute Gasteiger partial charge is 0.375 e. The Kier molecular flexibility index (Phi) is 4.98. The molecule has 1 aromatic heterocycles. The van der Waals surface area contributed by atoms with Crippen LogP contribution in [0.4, 0.5) is 0 Å². The Morgan fingerprint density at radius 1 is 1.52 bits per heavy atom. The molecule has 21 heavy (non-hydrogen) atoms. The summed E-state index contributed by atoms with van der Waals surface area (Å²) in [6, 6.07) is 7.41. The van der Waals surface area contributed by atoms with Crippen molar-refractivity contribution in [3.8, 4) is 0 Å². The number of hydrogen-bond donors (Lipinski definition) is 1. The first-order valence-corrected chi connectivity index (χ1v) is 6.95. The lowest BCUT2D eigenvalue weighted by Gasteiger charge is -2.16. The van der Waals surface area contributed by atoms with Gasteiger partial charge in [-0.05, 0) is 24.6 Å². The van der Waals surface area contributed by atoms with Crippen LogP contribution in [0.2, 0.25) is 5.02 Å². The van der Waals surface area contributed by atoms with E-state index < -0.39 is 0 Å². The lowest BCUT2D eigenvalue weighted by molar-refractivity contribution is 0.0827. The minimum atomic E-state index is -0.246. The zero-order chi connectivity index (χ0) is 15.4. The molecule has 112 valence electrons. The number of carbonyl (C=O) groups is 1. The quantitative estimate of drug-likeness (QED) is 0.923. The van der Waals surface area contributed by atoms with Gasteiger partial charge < -0.3 is 10.1 Å². The van der Waals surface area contributed by atoms with E-state index in [-0.39, 0.29) is 12.0 Å². The first-order chi connectivity index (χ1) is 10.0. The Balaban J connectivity index is 2.03. The van der Waals surface area contributed by atoms with Crippen LogP contribution < -0.4 is 5.32 Å². The third kappa shape index (κ3) is 3.62. The molecule has 0 radical (unpaired) electrons. The molecule has 0 unspecified atom stereocenters. The molecular formula is C15H18ClN3O2. The molecule has 1 amide bonds. The van der Waals surface area contributed by atoms with Gasteiger partial charge in [-0.25, -0.2) is 0 Å². The number of nitrogens with zero attached hydrogens (tertiary/aromatic N) is 2. The molecule has 2 rings (SSSR count). The number of hydrogen-bond acceptors (Lipinski definition) is 3. The molecule has 0 bridgehead atoms. The third-order valence-electron chi connectivity index (χ3n) is 3.43. The highest BCUT2D eigenvalue weighted by Gasteiger charge is 2.16. The van der Waals surface area contributed by atoms with Crippen LogP contribution in [0.25, 0.3) is 0 Å². The summed E-state index contributed by atoms with van der Waals surface area (Å²) < 4.78 is 7.09. The molecule has 1 aromatic carbocycles. The Hall–Kier alpha value is -1.85. The Bertz CT molecular complexity index is 640. The number of carbonyl (C=O) groups excluding carboxylic acids is 1. The molecule has 0 saturated heterocycles. The van der Waals surface area contributed by atoms with Gasteiger partial charge >= 0.3 is 0 Å². The van der Waals surface area contributed by atoms with Crippen LogP contribution in [-0.2, 0) is 11.8 Å². The molecule has 6 heteroatoms. The minimum Gasteiger partial charge on any atom is -0.375 e. The van der Waals surface area contributed by atoms with Crippen molar-refractivity contribution in [1.29, 1.82) is 0 Å². The molecule has 1 N–H and O–H groups in total. The number of halogens is 1. The highest BCUT2D eigenvalue weighted by Crippen LogP contribution is 2.20. The molecule has 0 aliphatic carbocycles. The van der Waals surface area contributed by atoms with Crippen molar-refractivity contribution >= 4 is 17.5 Å². The van der Waals surface area contributed by atoms with Crippen LogP contribution >= 0.6 is 11.6 Å². The van der Waals surface area contributed by atoms with Gasteiger partial charge in [-0.2, -0.15) is 5.10 Å². The maximum atomic E-state index is 12.2. The van der Waals surface area contributed by atoms with Gasteiger partial charge in [-0.3, -0.25) is 9.48 Å². The van der Waals surface area contributed by atoms with Crippen LogP contribution in [0.1, 0.15) is 27.7 Å². The average Bonchev–Trinajstić information content (AvgIpc) is 2.79. The van der Waals surface area contributed by atoms with E-state index in [1.165, 1.54) is 0 Å². The second kappa shape index (κ2) is 6.74. The van der Waals surface area contributed by atoms with Gasteiger partial charge in [0.2, 0.25) is 0 Å². The fraction of sp³-hybridized carbons (Fsp3) is 0.333. The Labute approximate surface area is 128 Å². The lowest BCUT2D eigenvalue weighted by Crippen LogP contribution is -2.29. The number of methoxy groups -OCH3 is 1. The monoisotopic (exact) mass is 307 g/mol. The number of nitrogens with one attached hydrogen (secondary N) is 1. The molecule has 5 nitrogen and oxygen atoms in total. The summed E-state index contributed by atoms with van der Waals surface area (Å²) in [5.74, 6) is -0.162. The van der Waals surface area contributed by atoms with Crippen molar-refractivity contribution in [3.05, 3.63) is 52.3 Å². The number of aryl methyl sites for hydroxylation is 1. The third-order valence-corrected chi connectivity index (χ3v) is 3.67. The van der Waals surface area contributed by atoms with Crippen molar-refractivity contribution < 1.29 is 9.53 Å². The maximum Gasteiger partial charge on any atom is 0.254 e. The van der Waals surface area contributed by atoms with Gasteiger partial charge in [0.25, 0.3) is 5.91 Å². The van der Waals surface area contributed by atoms with E-state index in [2.05, 4.69) is 10.4 Å². The predicted octanol–water partition coefficient (Wildman–Crippen LogP) is 2.50. The van der Waals surface area contributed by atoms with Gasteiger partial charge in [-0.15, -0.1) is 0 Å². The molecule has 0 spiro atoms. The highest BCUT2D eigenvalue weighted by atomic mass is 35.5. The second-order valence-electron chi connectivity index (χ2n) is 4.76. The van der Waals surface area contributed by atoms with E-state index in [9.17, 15) is 4.79 Å². The topological polar surface area (TPSA) is 56.1 Å². The van der Waals surface area contributed by atoms with Crippen molar-refractivity contribution in [2.75, 3.05) is 13.7 Å². The maximum absolute atomic E-state index is 12.2. The standard InChI is InChI=1S/C15H18ClN3O2/c1-10-13(8-18-19(10)2)15(20)17-9-14(21-3)11-5-4-6-12(16)7-11/h4-8,14H,9H2,1-3H3,(H,17,20)/t14-/m1/s1. The highest BCUT2D eigenvalue weighted by molar-refractivity contribution is 6.30. The second-order valence-corrected chi connectivity index (χ2v) is 5.19. The van der Waals surface area contributed by atoms with Crippen LogP contribution in [0.3, 0.4) is 0 Å². The molecule has 0 fully saturated rings. The zero-order valence-electron chi connectivity index (χ0n) is 12.3. The van der Waals surface area contributed by atoms with Crippen molar-refractivity contribution in [1.82, 2.24) is 15.1 Å². The van der Waals surface area contributed by atoms with Crippen LogP contribution in [0.5, 0.6) is 0 Å². The number of benzene rings is 1. The molecule has 0 saturated carbocycles. The van der Waals surface area contributed by atoms with Crippen molar-refractivity contribution in [2.24, 2.45) is 7.05 Å². The Morgan fingerprint density at radius 3 is 2.86 bits per heavy atom. The van der Waals surface area contributed by atoms with Gasteiger partial charge in [0.05, 0.1) is 17.9 Å². The zero-order valence-corrected chi connectivity index (χ0v) is 13.0. The van der Waals surface area contributed by atoms with Crippen molar-refractivity contribution in [3.63, 3.8) is 0 Å².